The summed E-state index contributed by atoms with van der Waals surface area (Å²) in [6, 6.07) is 70.9. The summed E-state index contributed by atoms with van der Waals surface area (Å²) >= 11 is 0. The molecule has 1 aliphatic heterocycles. The standard InChI is InChI=1S/C46H33NS/c1-3-14-33(15-4-1)40-24-11-16-35-17-12-25-41(46(35)40)34-28-30-36(31-29-34)47-37-18-13-21-39(32-37)48(38-19-5-2-6-20-38)44-26-9-7-22-42(44)43-23-8-10-27-45(43)48/h1-32,47H. The van der Waals surface area contributed by atoms with E-state index in [1.54, 1.807) is 0 Å². The summed E-state index contributed by atoms with van der Waals surface area (Å²) in [4.78, 5) is 5.50. The Labute approximate surface area is 283 Å². The van der Waals surface area contributed by atoms with Crippen LogP contribution in [-0.2, 0) is 0 Å². The lowest BCUT2D eigenvalue weighted by Crippen LogP contribution is -2.02. The second kappa shape index (κ2) is 11.8. The zero-order chi connectivity index (χ0) is 31.9. The van der Waals surface area contributed by atoms with Gasteiger partial charge < -0.3 is 5.32 Å². The third-order valence-corrected chi connectivity index (χ3v) is 13.5. The largest absolute Gasteiger partial charge is 0.355 e. The van der Waals surface area contributed by atoms with Gasteiger partial charge in [0.25, 0.3) is 0 Å². The quantitative estimate of drug-likeness (QED) is 0.193. The summed E-state index contributed by atoms with van der Waals surface area (Å²) in [5, 5.41) is 6.28. The van der Waals surface area contributed by atoms with E-state index in [-0.39, 0.29) is 0 Å². The molecule has 2 heteroatoms. The molecular formula is C46H33NS. The number of hydrogen-bond acceptors (Lipinski definition) is 1. The van der Waals surface area contributed by atoms with Crippen molar-refractivity contribution in [1.82, 2.24) is 0 Å². The van der Waals surface area contributed by atoms with Gasteiger partial charge in [0.1, 0.15) is 0 Å². The van der Waals surface area contributed by atoms with Gasteiger partial charge in [-0.15, -0.1) is 10.0 Å². The van der Waals surface area contributed by atoms with Gasteiger partial charge >= 0.3 is 0 Å². The Hall–Kier alpha value is -5.83. The van der Waals surface area contributed by atoms with Crippen molar-refractivity contribution in [3.8, 4) is 33.4 Å². The molecule has 9 rings (SSSR count). The maximum Gasteiger partial charge on any atom is 0.0395 e. The molecule has 1 N–H and O–H groups in total. The van der Waals surface area contributed by atoms with Crippen molar-refractivity contribution in [2.75, 3.05) is 5.32 Å². The van der Waals surface area contributed by atoms with Gasteiger partial charge in [0.2, 0.25) is 0 Å². The van der Waals surface area contributed by atoms with Crippen LogP contribution < -0.4 is 5.32 Å². The van der Waals surface area contributed by atoms with Crippen LogP contribution in [0, 0.1) is 0 Å². The van der Waals surface area contributed by atoms with Crippen molar-refractivity contribution in [2.45, 2.75) is 19.6 Å². The highest BCUT2D eigenvalue weighted by atomic mass is 32.3. The summed E-state index contributed by atoms with van der Waals surface area (Å²) in [6.07, 6.45) is 0. The molecular weight excluding hydrogens is 599 g/mol. The van der Waals surface area contributed by atoms with Crippen molar-refractivity contribution < 1.29 is 0 Å². The molecule has 0 aliphatic carbocycles. The van der Waals surface area contributed by atoms with Crippen molar-refractivity contribution in [3.63, 3.8) is 0 Å². The predicted molar refractivity (Wildman–Crippen MR) is 204 cm³/mol. The lowest BCUT2D eigenvalue weighted by Gasteiger charge is -2.39. The third-order valence-electron chi connectivity index (χ3n) is 9.48. The minimum atomic E-state index is -1.68. The van der Waals surface area contributed by atoms with E-state index >= 15 is 0 Å². The fraction of sp³-hybridized carbons (Fsp3) is 0. The zero-order valence-electron chi connectivity index (χ0n) is 26.4. The number of hydrogen-bond donors (Lipinski definition) is 1. The molecule has 0 atom stereocenters. The van der Waals surface area contributed by atoms with E-state index in [1.807, 2.05) is 0 Å². The van der Waals surface area contributed by atoms with Crippen molar-refractivity contribution in [3.05, 3.63) is 194 Å². The van der Waals surface area contributed by atoms with E-state index in [9.17, 15) is 0 Å². The monoisotopic (exact) mass is 631 g/mol. The molecule has 0 spiro atoms. The van der Waals surface area contributed by atoms with E-state index in [1.165, 1.54) is 63.7 Å². The molecule has 0 bridgehead atoms. The van der Waals surface area contributed by atoms with E-state index in [0.717, 1.165) is 11.4 Å². The smallest absolute Gasteiger partial charge is 0.0395 e. The topological polar surface area (TPSA) is 12.0 Å². The summed E-state index contributed by atoms with van der Waals surface area (Å²) < 4.78 is 0. The van der Waals surface area contributed by atoms with Crippen LogP contribution in [0.4, 0.5) is 11.4 Å². The van der Waals surface area contributed by atoms with E-state index in [4.69, 9.17) is 0 Å². The van der Waals surface area contributed by atoms with Gasteiger partial charge in [-0.3, -0.25) is 0 Å². The van der Waals surface area contributed by atoms with Crippen LogP contribution in [0.3, 0.4) is 0 Å². The second-order valence-electron chi connectivity index (χ2n) is 12.2. The lowest BCUT2D eigenvalue weighted by atomic mass is 9.91. The molecule has 0 saturated heterocycles. The molecule has 8 aromatic rings. The minimum absolute atomic E-state index is 1.07. The summed E-state index contributed by atoms with van der Waals surface area (Å²) in [6.45, 7) is 0. The van der Waals surface area contributed by atoms with Crippen molar-refractivity contribution in [1.29, 1.82) is 0 Å². The van der Waals surface area contributed by atoms with Gasteiger partial charge in [-0.1, -0.05) is 140 Å². The first-order valence-electron chi connectivity index (χ1n) is 16.4. The molecule has 8 aromatic carbocycles. The maximum atomic E-state index is 3.75. The highest BCUT2D eigenvalue weighted by Crippen LogP contribution is 2.80. The molecule has 0 unspecified atom stereocenters. The van der Waals surface area contributed by atoms with Gasteiger partial charge in [-0.2, -0.15) is 0 Å². The number of anilines is 2. The number of rotatable bonds is 6. The summed E-state index contributed by atoms with van der Waals surface area (Å²) in [5.74, 6) is 0. The summed E-state index contributed by atoms with van der Waals surface area (Å²) in [7, 11) is -1.68. The highest BCUT2D eigenvalue weighted by Gasteiger charge is 2.41. The van der Waals surface area contributed by atoms with Crippen LogP contribution in [0.2, 0.25) is 0 Å². The Morgan fingerprint density at radius 2 is 0.833 bits per heavy atom. The Balaban J connectivity index is 1.11. The van der Waals surface area contributed by atoms with Crippen molar-refractivity contribution in [2.24, 2.45) is 0 Å². The normalized spacial score (nSPS) is 13.4. The Kier molecular flexibility index (Phi) is 6.96. The van der Waals surface area contributed by atoms with Gasteiger partial charge in [0, 0.05) is 31.0 Å². The van der Waals surface area contributed by atoms with Crippen LogP contribution in [0.5, 0.6) is 0 Å². The van der Waals surface area contributed by atoms with Crippen LogP contribution >= 0.6 is 10.0 Å². The van der Waals surface area contributed by atoms with Crippen LogP contribution in [0.1, 0.15) is 0 Å². The molecule has 1 heterocycles. The van der Waals surface area contributed by atoms with Crippen LogP contribution in [0.15, 0.2) is 214 Å². The third kappa shape index (κ3) is 4.57. The average molecular weight is 632 g/mol. The zero-order valence-corrected chi connectivity index (χ0v) is 27.2. The van der Waals surface area contributed by atoms with Gasteiger partial charge in [-0.05, 0) is 98.8 Å². The number of benzene rings is 8. The lowest BCUT2D eigenvalue weighted by molar-refractivity contribution is 1.29. The van der Waals surface area contributed by atoms with Gasteiger partial charge in [0.05, 0.1) is 0 Å². The predicted octanol–water partition coefficient (Wildman–Crippen LogP) is 13.2. The molecule has 1 aliphatic rings. The number of nitrogens with one attached hydrogen (secondary N) is 1. The van der Waals surface area contributed by atoms with Gasteiger partial charge in [-0.25, -0.2) is 0 Å². The Morgan fingerprint density at radius 1 is 0.333 bits per heavy atom. The van der Waals surface area contributed by atoms with E-state index in [0.29, 0.717) is 0 Å². The molecule has 0 aromatic heterocycles. The first-order valence-corrected chi connectivity index (χ1v) is 18.1. The fourth-order valence-corrected chi connectivity index (χ4v) is 11.7. The average Bonchev–Trinajstić information content (AvgIpc) is 3.47. The molecule has 48 heavy (non-hydrogen) atoms. The Bertz CT molecular complexity index is 2360. The molecule has 0 amide bonds. The first kappa shape index (κ1) is 28.4. The van der Waals surface area contributed by atoms with E-state index < -0.39 is 10.0 Å². The van der Waals surface area contributed by atoms with E-state index in [2.05, 4.69) is 199 Å². The van der Waals surface area contributed by atoms with Gasteiger partial charge in [0.15, 0.2) is 0 Å². The highest BCUT2D eigenvalue weighted by molar-refractivity contribution is 8.34. The first-order chi connectivity index (χ1) is 23.8. The molecule has 0 radical (unpaired) electrons. The SMILES string of the molecule is c1ccc(-c2cccc3cccc(-c4ccc(Nc5cccc(S6(c7ccccc7)c7ccccc7-c7ccccc76)c5)cc4)c23)cc1. The minimum Gasteiger partial charge on any atom is -0.355 e. The van der Waals surface area contributed by atoms with Crippen molar-refractivity contribution >= 4 is 32.2 Å². The maximum absolute atomic E-state index is 3.75. The van der Waals surface area contributed by atoms with Crippen LogP contribution in [-0.4, -0.2) is 0 Å². The van der Waals surface area contributed by atoms with Crippen LogP contribution in [0.25, 0.3) is 44.2 Å². The number of fused-ring (bicyclic) bond motifs is 4. The molecule has 1 nitrogen and oxygen atoms in total. The summed E-state index contributed by atoms with van der Waals surface area (Å²) in [5.41, 5.74) is 9.76. The second-order valence-corrected chi connectivity index (χ2v) is 15.3. The Morgan fingerprint density at radius 3 is 1.48 bits per heavy atom. The fourth-order valence-electron chi connectivity index (χ4n) is 7.40. The molecule has 0 fully saturated rings. The molecule has 0 saturated carbocycles. The molecule has 228 valence electrons.